The van der Waals surface area contributed by atoms with Crippen LogP contribution in [0, 0.1) is 0 Å². The number of carbonyl (C=O) groups is 1. The fourth-order valence-corrected chi connectivity index (χ4v) is 2.11. The highest BCUT2D eigenvalue weighted by Crippen LogP contribution is 2.33. The number of ether oxygens (including phenoxy) is 2. The van der Waals surface area contributed by atoms with E-state index in [0.29, 0.717) is 5.39 Å². The van der Waals surface area contributed by atoms with Gasteiger partial charge in [0.05, 0.1) is 0 Å². The van der Waals surface area contributed by atoms with Crippen molar-refractivity contribution in [2.45, 2.75) is 32.5 Å². The van der Waals surface area contributed by atoms with Gasteiger partial charge in [-0.3, -0.25) is 0 Å². The number of carbonyl (C=O) groups excluding carboxylic acids is 1. The maximum atomic E-state index is 13.9. The summed E-state index contributed by atoms with van der Waals surface area (Å²) >= 11 is 0. The molecule has 0 aliphatic carbocycles. The smallest absolute Gasteiger partial charge is 0.429 e. The molecular weight excluding hydrogens is 321 g/mol. The second kappa shape index (κ2) is 6.95. The van der Waals surface area contributed by atoms with Crippen molar-refractivity contribution < 1.29 is 27.4 Å². The largest absolute Gasteiger partial charge is 0.509 e. The molecule has 128 valence electrons. The summed E-state index contributed by atoms with van der Waals surface area (Å²) in [4.78, 5) is 11.8. The van der Waals surface area contributed by atoms with Crippen LogP contribution in [0.2, 0.25) is 0 Å². The zero-order chi connectivity index (χ0) is 17.9. The van der Waals surface area contributed by atoms with Crippen molar-refractivity contribution in [3.8, 4) is 0 Å². The molecule has 0 aliphatic rings. The van der Waals surface area contributed by atoms with E-state index in [2.05, 4.69) is 0 Å². The molecule has 0 N–H and O–H groups in total. The Labute approximate surface area is 137 Å². The number of benzene rings is 2. The van der Waals surface area contributed by atoms with Crippen molar-refractivity contribution in [2.75, 3.05) is 0 Å². The van der Waals surface area contributed by atoms with E-state index in [1.807, 2.05) is 12.1 Å². The maximum Gasteiger partial charge on any atom is 0.509 e. The number of hydrogen-bond acceptors (Lipinski definition) is 3. The Morgan fingerprint density at radius 2 is 1.62 bits per heavy atom. The average Bonchev–Trinajstić information content (AvgIpc) is 2.49. The van der Waals surface area contributed by atoms with Gasteiger partial charge < -0.3 is 9.47 Å². The summed E-state index contributed by atoms with van der Waals surface area (Å²) in [6.45, 7) is 4.75. The Hall–Kier alpha value is -2.50. The van der Waals surface area contributed by atoms with Crippen LogP contribution in [0.3, 0.4) is 0 Å². The monoisotopic (exact) mass is 338 g/mol. The summed E-state index contributed by atoms with van der Waals surface area (Å²) in [5.74, 6) is -1.82. The van der Waals surface area contributed by atoms with Gasteiger partial charge in [0.2, 0.25) is 5.83 Å². The van der Waals surface area contributed by atoms with Crippen LogP contribution in [-0.2, 0) is 9.47 Å². The van der Waals surface area contributed by atoms with E-state index in [1.165, 1.54) is 12.1 Å². The van der Waals surface area contributed by atoms with Crippen molar-refractivity contribution in [1.82, 2.24) is 0 Å². The first-order valence-electron chi connectivity index (χ1n) is 7.26. The highest BCUT2D eigenvalue weighted by Gasteiger charge is 2.29. The van der Waals surface area contributed by atoms with Crippen molar-refractivity contribution in [1.29, 1.82) is 0 Å². The number of halogens is 3. The van der Waals surface area contributed by atoms with Crippen LogP contribution >= 0.6 is 0 Å². The molecule has 3 nitrogen and oxygen atoms in total. The van der Waals surface area contributed by atoms with E-state index in [9.17, 15) is 18.0 Å². The molecule has 0 saturated carbocycles. The lowest BCUT2D eigenvalue weighted by molar-refractivity contribution is -0.0254. The number of fused-ring (bicyclic) bond motifs is 1. The Morgan fingerprint density at radius 3 is 2.21 bits per heavy atom. The van der Waals surface area contributed by atoms with Crippen LogP contribution in [0.15, 0.2) is 54.4 Å². The molecule has 2 aromatic carbocycles. The first-order chi connectivity index (χ1) is 11.2. The van der Waals surface area contributed by atoms with Gasteiger partial charge in [-0.15, -0.1) is 0 Å². The van der Waals surface area contributed by atoms with Crippen molar-refractivity contribution in [3.05, 3.63) is 59.9 Å². The Morgan fingerprint density at radius 1 is 1.00 bits per heavy atom. The molecule has 2 rings (SSSR count). The molecule has 2 aromatic rings. The lowest BCUT2D eigenvalue weighted by atomic mass is 10.0. The molecule has 0 heterocycles. The summed E-state index contributed by atoms with van der Waals surface area (Å²) < 4.78 is 49.1. The number of hydrogen-bond donors (Lipinski definition) is 0. The van der Waals surface area contributed by atoms with E-state index >= 15 is 0 Å². The third kappa shape index (κ3) is 4.50. The van der Waals surface area contributed by atoms with Gasteiger partial charge >= 0.3 is 12.2 Å². The lowest BCUT2D eigenvalue weighted by Gasteiger charge is -2.22. The van der Waals surface area contributed by atoms with E-state index in [4.69, 9.17) is 9.47 Å². The second-order valence-corrected chi connectivity index (χ2v) is 6.18. The quantitative estimate of drug-likeness (QED) is 0.653. The van der Waals surface area contributed by atoms with Crippen LogP contribution in [0.25, 0.3) is 10.8 Å². The van der Waals surface area contributed by atoms with Gasteiger partial charge in [-0.05, 0) is 37.6 Å². The van der Waals surface area contributed by atoms with Gasteiger partial charge in [0.25, 0.3) is 0 Å². The van der Waals surface area contributed by atoms with E-state index in [-0.39, 0.29) is 5.56 Å². The molecular formula is C18H17F3O3. The number of rotatable bonds is 3. The normalized spacial score (nSPS) is 12.6. The molecule has 6 heteroatoms. The minimum Gasteiger partial charge on any atom is -0.429 e. The van der Waals surface area contributed by atoms with Gasteiger partial charge in [-0.2, -0.15) is 8.78 Å². The SMILES string of the molecule is CC(C)(C)OC(=O)OC(C(F)=C(F)F)c1ccc2ccccc2c1. The van der Waals surface area contributed by atoms with Crippen LogP contribution in [0.1, 0.15) is 32.4 Å². The third-order valence-electron chi connectivity index (χ3n) is 3.09. The molecule has 24 heavy (non-hydrogen) atoms. The molecule has 0 amide bonds. The van der Waals surface area contributed by atoms with E-state index < -0.39 is 29.8 Å². The molecule has 0 spiro atoms. The Balaban J connectivity index is 2.38. The molecule has 1 atom stereocenters. The summed E-state index contributed by atoms with van der Waals surface area (Å²) in [6, 6.07) is 11.7. The molecule has 0 saturated heterocycles. The van der Waals surface area contributed by atoms with Crippen LogP contribution in [0.5, 0.6) is 0 Å². The van der Waals surface area contributed by atoms with Crippen molar-refractivity contribution in [2.24, 2.45) is 0 Å². The summed E-state index contributed by atoms with van der Waals surface area (Å²) in [5.41, 5.74) is -0.802. The van der Waals surface area contributed by atoms with Gasteiger partial charge in [0.1, 0.15) is 5.60 Å². The highest BCUT2D eigenvalue weighted by molar-refractivity contribution is 5.83. The van der Waals surface area contributed by atoms with Crippen molar-refractivity contribution >= 4 is 16.9 Å². The topological polar surface area (TPSA) is 35.5 Å². The predicted molar refractivity (Wildman–Crippen MR) is 84.4 cm³/mol. The molecule has 0 bridgehead atoms. The van der Waals surface area contributed by atoms with Gasteiger partial charge in [-0.25, -0.2) is 9.18 Å². The van der Waals surface area contributed by atoms with E-state index in [0.717, 1.165) is 5.39 Å². The Kier molecular flexibility index (Phi) is 5.17. The molecule has 1 unspecified atom stereocenters. The molecule has 0 aliphatic heterocycles. The summed E-state index contributed by atoms with van der Waals surface area (Å²) in [7, 11) is 0. The van der Waals surface area contributed by atoms with Gasteiger partial charge in [-0.1, -0.05) is 36.4 Å². The average molecular weight is 338 g/mol. The minimum absolute atomic E-state index is 0.0878. The summed E-state index contributed by atoms with van der Waals surface area (Å²) in [5, 5.41) is 1.56. The molecule has 0 fully saturated rings. The van der Waals surface area contributed by atoms with Gasteiger partial charge in [0, 0.05) is 5.56 Å². The Bertz CT molecular complexity index is 774. The van der Waals surface area contributed by atoms with Crippen LogP contribution < -0.4 is 0 Å². The molecule has 0 aromatic heterocycles. The summed E-state index contributed by atoms with van der Waals surface area (Å²) in [6.07, 6.45) is -5.64. The van der Waals surface area contributed by atoms with Gasteiger partial charge in [0.15, 0.2) is 6.10 Å². The standard InChI is InChI=1S/C18H17F3O3/c1-18(2,3)24-17(22)23-15(14(19)16(20)21)13-9-8-11-6-4-5-7-12(11)10-13/h4-10,15H,1-3H3. The van der Waals surface area contributed by atoms with Crippen LogP contribution in [-0.4, -0.2) is 11.8 Å². The second-order valence-electron chi connectivity index (χ2n) is 6.18. The zero-order valence-corrected chi connectivity index (χ0v) is 13.5. The van der Waals surface area contributed by atoms with Crippen LogP contribution in [0.4, 0.5) is 18.0 Å². The zero-order valence-electron chi connectivity index (χ0n) is 13.5. The lowest BCUT2D eigenvalue weighted by Crippen LogP contribution is -2.25. The minimum atomic E-state index is -2.54. The first-order valence-corrected chi connectivity index (χ1v) is 7.26. The first kappa shape index (κ1) is 17.8. The van der Waals surface area contributed by atoms with Crippen molar-refractivity contribution in [3.63, 3.8) is 0 Å². The highest BCUT2D eigenvalue weighted by atomic mass is 19.3. The fourth-order valence-electron chi connectivity index (χ4n) is 2.11. The maximum absolute atomic E-state index is 13.9. The third-order valence-corrected chi connectivity index (χ3v) is 3.09. The molecule has 0 radical (unpaired) electrons. The predicted octanol–water partition coefficient (Wildman–Crippen LogP) is 5.91. The fraction of sp³-hybridized carbons (Fsp3) is 0.278. The van der Waals surface area contributed by atoms with E-state index in [1.54, 1.807) is 39.0 Å².